The molecule has 3 rings (SSSR count). The molecule has 0 aliphatic carbocycles. The van der Waals surface area contributed by atoms with Crippen molar-refractivity contribution in [1.82, 2.24) is 4.57 Å². The van der Waals surface area contributed by atoms with E-state index >= 15 is 0 Å². The SMILES string of the molecule is N#Cc1ccccc1-c1ccc(-n2cccc2)cc1. The molecular weight excluding hydrogens is 232 g/mol. The Kier molecular flexibility index (Phi) is 2.88. The summed E-state index contributed by atoms with van der Waals surface area (Å²) < 4.78 is 2.06. The Balaban J connectivity index is 2.02. The lowest BCUT2D eigenvalue weighted by Crippen LogP contribution is -1.89. The number of nitrogens with zero attached hydrogens (tertiary/aromatic N) is 2. The average molecular weight is 244 g/mol. The maximum atomic E-state index is 9.13. The van der Waals surface area contributed by atoms with Crippen LogP contribution in [0.2, 0.25) is 0 Å². The van der Waals surface area contributed by atoms with Crippen LogP contribution in [0.15, 0.2) is 73.1 Å². The minimum atomic E-state index is 0.705. The van der Waals surface area contributed by atoms with Gasteiger partial charge in [0, 0.05) is 18.1 Å². The largest absolute Gasteiger partial charge is 0.324 e. The summed E-state index contributed by atoms with van der Waals surface area (Å²) in [6.45, 7) is 0. The maximum absolute atomic E-state index is 9.13. The molecule has 0 saturated heterocycles. The zero-order chi connectivity index (χ0) is 13.1. The molecule has 0 amide bonds. The van der Waals surface area contributed by atoms with Gasteiger partial charge in [-0.25, -0.2) is 0 Å². The second-order valence-electron chi connectivity index (χ2n) is 4.29. The van der Waals surface area contributed by atoms with E-state index in [1.54, 1.807) is 0 Å². The summed E-state index contributed by atoms with van der Waals surface area (Å²) in [4.78, 5) is 0. The molecular formula is C17H12N2. The Morgan fingerprint density at radius 1 is 0.789 bits per heavy atom. The van der Waals surface area contributed by atoms with Crippen molar-refractivity contribution >= 4 is 0 Å². The van der Waals surface area contributed by atoms with Crippen molar-refractivity contribution in [3.63, 3.8) is 0 Å². The van der Waals surface area contributed by atoms with Gasteiger partial charge < -0.3 is 4.57 Å². The molecule has 0 bridgehead atoms. The first-order valence-corrected chi connectivity index (χ1v) is 6.11. The molecule has 1 aromatic heterocycles. The summed E-state index contributed by atoms with van der Waals surface area (Å²) in [5.74, 6) is 0. The second kappa shape index (κ2) is 4.83. The fourth-order valence-corrected chi connectivity index (χ4v) is 2.15. The van der Waals surface area contributed by atoms with Crippen LogP contribution in [0.3, 0.4) is 0 Å². The molecule has 1 heterocycles. The van der Waals surface area contributed by atoms with Crippen LogP contribution >= 0.6 is 0 Å². The van der Waals surface area contributed by atoms with Crippen LogP contribution < -0.4 is 0 Å². The van der Waals surface area contributed by atoms with E-state index in [0.717, 1.165) is 16.8 Å². The Labute approximate surface area is 112 Å². The van der Waals surface area contributed by atoms with Gasteiger partial charge in [0.2, 0.25) is 0 Å². The number of rotatable bonds is 2. The van der Waals surface area contributed by atoms with Crippen molar-refractivity contribution in [3.8, 4) is 22.9 Å². The summed E-state index contributed by atoms with van der Waals surface area (Å²) in [5.41, 5.74) is 3.86. The van der Waals surface area contributed by atoms with Crippen molar-refractivity contribution in [2.24, 2.45) is 0 Å². The minimum Gasteiger partial charge on any atom is -0.324 e. The van der Waals surface area contributed by atoms with E-state index in [2.05, 4.69) is 22.8 Å². The Morgan fingerprint density at radius 2 is 1.47 bits per heavy atom. The molecule has 2 nitrogen and oxygen atoms in total. The highest BCUT2D eigenvalue weighted by atomic mass is 14.9. The normalized spacial score (nSPS) is 10.1. The van der Waals surface area contributed by atoms with Gasteiger partial charge in [-0.1, -0.05) is 30.3 Å². The summed E-state index contributed by atoms with van der Waals surface area (Å²) in [5, 5.41) is 9.13. The first kappa shape index (κ1) is 11.3. The number of aromatic nitrogens is 1. The van der Waals surface area contributed by atoms with E-state index in [9.17, 15) is 0 Å². The molecule has 2 heteroatoms. The third-order valence-electron chi connectivity index (χ3n) is 3.13. The molecule has 0 aliphatic rings. The van der Waals surface area contributed by atoms with Crippen LogP contribution in [0, 0.1) is 11.3 Å². The standard InChI is InChI=1S/C17H12N2/c18-13-15-5-1-2-6-17(15)14-7-9-16(10-8-14)19-11-3-4-12-19/h1-12H. The van der Waals surface area contributed by atoms with Crippen LogP contribution in [0.1, 0.15) is 5.56 Å². The third-order valence-corrected chi connectivity index (χ3v) is 3.13. The van der Waals surface area contributed by atoms with Crippen molar-refractivity contribution in [2.45, 2.75) is 0 Å². The number of hydrogen-bond donors (Lipinski definition) is 0. The number of hydrogen-bond acceptors (Lipinski definition) is 1. The number of nitriles is 1. The van der Waals surface area contributed by atoms with E-state index in [0.29, 0.717) is 5.56 Å². The molecule has 3 aromatic rings. The summed E-state index contributed by atoms with van der Waals surface area (Å²) >= 11 is 0. The molecule has 19 heavy (non-hydrogen) atoms. The smallest absolute Gasteiger partial charge is 0.0998 e. The zero-order valence-corrected chi connectivity index (χ0v) is 10.3. The van der Waals surface area contributed by atoms with Crippen LogP contribution in [-0.4, -0.2) is 4.57 Å². The van der Waals surface area contributed by atoms with Gasteiger partial charge in [0.1, 0.15) is 0 Å². The fraction of sp³-hybridized carbons (Fsp3) is 0. The molecule has 0 fully saturated rings. The van der Waals surface area contributed by atoms with Gasteiger partial charge in [-0.15, -0.1) is 0 Å². The van der Waals surface area contributed by atoms with Gasteiger partial charge in [-0.05, 0) is 41.5 Å². The third kappa shape index (κ3) is 2.14. The average Bonchev–Trinajstić information content (AvgIpc) is 3.02. The van der Waals surface area contributed by atoms with Gasteiger partial charge in [-0.3, -0.25) is 0 Å². The van der Waals surface area contributed by atoms with Gasteiger partial charge >= 0.3 is 0 Å². The first-order chi connectivity index (χ1) is 9.38. The topological polar surface area (TPSA) is 28.7 Å². The van der Waals surface area contributed by atoms with Crippen LogP contribution in [0.25, 0.3) is 16.8 Å². The Bertz CT molecular complexity index is 717. The first-order valence-electron chi connectivity index (χ1n) is 6.11. The fourth-order valence-electron chi connectivity index (χ4n) is 2.15. The van der Waals surface area contributed by atoms with E-state index < -0.39 is 0 Å². The lowest BCUT2D eigenvalue weighted by Gasteiger charge is -2.06. The van der Waals surface area contributed by atoms with E-state index in [4.69, 9.17) is 5.26 Å². The van der Waals surface area contributed by atoms with Crippen LogP contribution in [0.4, 0.5) is 0 Å². The zero-order valence-electron chi connectivity index (χ0n) is 10.3. The summed E-state index contributed by atoms with van der Waals surface area (Å²) in [6, 6.07) is 22.1. The maximum Gasteiger partial charge on any atom is 0.0998 e. The lowest BCUT2D eigenvalue weighted by molar-refractivity contribution is 1.08. The highest BCUT2D eigenvalue weighted by Crippen LogP contribution is 2.24. The minimum absolute atomic E-state index is 0.705. The van der Waals surface area contributed by atoms with Crippen LogP contribution in [-0.2, 0) is 0 Å². The van der Waals surface area contributed by atoms with Gasteiger partial charge in [0.05, 0.1) is 11.6 Å². The summed E-state index contributed by atoms with van der Waals surface area (Å²) in [6.07, 6.45) is 4.02. The monoisotopic (exact) mass is 244 g/mol. The highest BCUT2D eigenvalue weighted by molar-refractivity contribution is 5.71. The molecule has 0 N–H and O–H groups in total. The predicted octanol–water partition coefficient (Wildman–Crippen LogP) is 4.02. The predicted molar refractivity (Wildman–Crippen MR) is 75.9 cm³/mol. The molecule has 2 aromatic carbocycles. The molecule has 0 aliphatic heterocycles. The Morgan fingerprint density at radius 3 is 2.16 bits per heavy atom. The van der Waals surface area contributed by atoms with Gasteiger partial charge in [-0.2, -0.15) is 5.26 Å². The molecule has 0 saturated carbocycles. The van der Waals surface area contributed by atoms with Gasteiger partial charge in [0.25, 0.3) is 0 Å². The van der Waals surface area contributed by atoms with E-state index in [1.807, 2.05) is 60.9 Å². The molecule has 0 spiro atoms. The second-order valence-corrected chi connectivity index (χ2v) is 4.29. The van der Waals surface area contributed by atoms with E-state index in [-0.39, 0.29) is 0 Å². The van der Waals surface area contributed by atoms with Crippen molar-refractivity contribution < 1.29 is 0 Å². The molecule has 0 unspecified atom stereocenters. The van der Waals surface area contributed by atoms with Crippen molar-refractivity contribution in [2.75, 3.05) is 0 Å². The van der Waals surface area contributed by atoms with E-state index in [1.165, 1.54) is 0 Å². The Hall–Kier alpha value is -2.79. The van der Waals surface area contributed by atoms with Crippen molar-refractivity contribution in [3.05, 3.63) is 78.6 Å². The quantitative estimate of drug-likeness (QED) is 0.669. The molecule has 90 valence electrons. The molecule has 0 radical (unpaired) electrons. The van der Waals surface area contributed by atoms with Gasteiger partial charge in [0.15, 0.2) is 0 Å². The van der Waals surface area contributed by atoms with Crippen LogP contribution in [0.5, 0.6) is 0 Å². The molecule has 0 atom stereocenters. The summed E-state index contributed by atoms with van der Waals surface area (Å²) in [7, 11) is 0. The highest BCUT2D eigenvalue weighted by Gasteiger charge is 2.03. The lowest BCUT2D eigenvalue weighted by atomic mass is 10.0. The number of benzene rings is 2. The van der Waals surface area contributed by atoms with Crippen molar-refractivity contribution in [1.29, 1.82) is 5.26 Å².